The molecule has 2 N–H and O–H groups in total. The minimum absolute atomic E-state index is 0.628. The third-order valence-electron chi connectivity index (χ3n) is 1.81. The lowest BCUT2D eigenvalue weighted by Crippen LogP contribution is -2.03. The van der Waals surface area contributed by atoms with Crippen molar-refractivity contribution >= 4 is 0 Å². The van der Waals surface area contributed by atoms with Gasteiger partial charge in [0.1, 0.15) is 0 Å². The van der Waals surface area contributed by atoms with Crippen molar-refractivity contribution in [1.82, 2.24) is 0 Å². The Morgan fingerprint density at radius 1 is 1.80 bits per heavy atom. The molecule has 1 saturated heterocycles. The van der Waals surface area contributed by atoms with Crippen LogP contribution in [0.2, 0.25) is 0 Å². The molecular weight excluding hydrogens is 126 g/mol. The van der Waals surface area contributed by atoms with E-state index < -0.39 is 0 Å². The number of nitrogens with two attached hydrogens (primary N) is 1. The number of rotatable bonds is 2. The Hall–Kier alpha value is -0.340. The maximum atomic E-state index is 5.44. The highest BCUT2D eigenvalue weighted by molar-refractivity contribution is 5.03. The Bertz CT molecular complexity index is 125. The SMILES string of the molecule is CC(=CC1CCOC1)CN. The second kappa shape index (κ2) is 3.74. The average molecular weight is 141 g/mol. The minimum Gasteiger partial charge on any atom is -0.381 e. The quantitative estimate of drug-likeness (QED) is 0.580. The Morgan fingerprint density at radius 3 is 3.10 bits per heavy atom. The lowest BCUT2D eigenvalue weighted by atomic mass is 10.1. The van der Waals surface area contributed by atoms with Gasteiger partial charge in [0.05, 0.1) is 6.61 Å². The van der Waals surface area contributed by atoms with E-state index in [0.717, 1.165) is 19.6 Å². The predicted molar refractivity (Wildman–Crippen MR) is 41.7 cm³/mol. The highest BCUT2D eigenvalue weighted by Gasteiger charge is 2.12. The normalized spacial score (nSPS) is 27.4. The summed E-state index contributed by atoms with van der Waals surface area (Å²) in [6.07, 6.45) is 3.39. The average Bonchev–Trinajstić information content (AvgIpc) is 2.40. The maximum absolute atomic E-state index is 5.44. The fraction of sp³-hybridized carbons (Fsp3) is 0.750. The first-order chi connectivity index (χ1) is 4.83. The molecule has 0 amide bonds. The van der Waals surface area contributed by atoms with Crippen molar-refractivity contribution in [2.24, 2.45) is 11.7 Å². The van der Waals surface area contributed by atoms with E-state index in [9.17, 15) is 0 Å². The molecule has 0 saturated carbocycles. The summed E-state index contributed by atoms with van der Waals surface area (Å²) >= 11 is 0. The van der Waals surface area contributed by atoms with Gasteiger partial charge in [-0.15, -0.1) is 0 Å². The monoisotopic (exact) mass is 141 g/mol. The van der Waals surface area contributed by atoms with E-state index in [0.29, 0.717) is 12.5 Å². The third kappa shape index (κ3) is 2.12. The summed E-state index contributed by atoms with van der Waals surface area (Å²) in [5, 5.41) is 0. The van der Waals surface area contributed by atoms with Crippen LogP contribution in [0.15, 0.2) is 11.6 Å². The molecule has 0 aromatic heterocycles. The summed E-state index contributed by atoms with van der Waals surface area (Å²) in [4.78, 5) is 0. The van der Waals surface area contributed by atoms with Crippen molar-refractivity contribution in [1.29, 1.82) is 0 Å². The molecule has 0 spiro atoms. The molecule has 0 aromatic rings. The van der Waals surface area contributed by atoms with Gasteiger partial charge in [-0.3, -0.25) is 0 Å². The van der Waals surface area contributed by atoms with Crippen molar-refractivity contribution in [3.05, 3.63) is 11.6 Å². The summed E-state index contributed by atoms with van der Waals surface area (Å²) in [7, 11) is 0. The van der Waals surface area contributed by atoms with Crippen LogP contribution in [0.25, 0.3) is 0 Å². The zero-order valence-electron chi connectivity index (χ0n) is 6.47. The van der Waals surface area contributed by atoms with Crippen molar-refractivity contribution in [2.75, 3.05) is 19.8 Å². The molecule has 58 valence electrons. The maximum Gasteiger partial charge on any atom is 0.0529 e. The largest absolute Gasteiger partial charge is 0.381 e. The summed E-state index contributed by atoms with van der Waals surface area (Å²) in [5.41, 5.74) is 6.71. The topological polar surface area (TPSA) is 35.2 Å². The first-order valence-electron chi connectivity index (χ1n) is 3.78. The molecule has 0 bridgehead atoms. The van der Waals surface area contributed by atoms with E-state index in [1.165, 1.54) is 5.57 Å². The molecule has 0 radical (unpaired) electrons. The number of ether oxygens (including phenoxy) is 1. The second-order valence-electron chi connectivity index (χ2n) is 2.84. The molecule has 0 aliphatic carbocycles. The van der Waals surface area contributed by atoms with Gasteiger partial charge >= 0.3 is 0 Å². The van der Waals surface area contributed by atoms with Gasteiger partial charge in [-0.2, -0.15) is 0 Å². The van der Waals surface area contributed by atoms with E-state index >= 15 is 0 Å². The highest BCUT2D eigenvalue weighted by Crippen LogP contribution is 2.14. The van der Waals surface area contributed by atoms with Crippen LogP contribution in [-0.4, -0.2) is 19.8 Å². The van der Waals surface area contributed by atoms with Gasteiger partial charge in [0.2, 0.25) is 0 Å². The van der Waals surface area contributed by atoms with Crippen molar-refractivity contribution in [3.63, 3.8) is 0 Å². The van der Waals surface area contributed by atoms with Gasteiger partial charge in [0, 0.05) is 19.1 Å². The molecular formula is C8H15NO. The summed E-state index contributed by atoms with van der Waals surface area (Å²) in [6, 6.07) is 0. The van der Waals surface area contributed by atoms with Crippen LogP contribution in [0.5, 0.6) is 0 Å². The Kier molecular flexibility index (Phi) is 2.90. The molecule has 1 fully saturated rings. The van der Waals surface area contributed by atoms with Gasteiger partial charge in [-0.25, -0.2) is 0 Å². The van der Waals surface area contributed by atoms with Crippen LogP contribution >= 0.6 is 0 Å². The molecule has 0 aromatic carbocycles. The highest BCUT2D eigenvalue weighted by atomic mass is 16.5. The first-order valence-corrected chi connectivity index (χ1v) is 3.78. The van der Waals surface area contributed by atoms with Crippen molar-refractivity contribution in [2.45, 2.75) is 13.3 Å². The van der Waals surface area contributed by atoms with Gasteiger partial charge < -0.3 is 10.5 Å². The van der Waals surface area contributed by atoms with Crippen LogP contribution in [0.3, 0.4) is 0 Å². The molecule has 2 heteroatoms. The zero-order valence-corrected chi connectivity index (χ0v) is 6.47. The second-order valence-corrected chi connectivity index (χ2v) is 2.84. The van der Waals surface area contributed by atoms with Crippen LogP contribution in [0.1, 0.15) is 13.3 Å². The van der Waals surface area contributed by atoms with Crippen LogP contribution < -0.4 is 5.73 Å². The summed E-state index contributed by atoms with van der Waals surface area (Å²) in [6.45, 7) is 4.55. The summed E-state index contributed by atoms with van der Waals surface area (Å²) in [5.74, 6) is 0.628. The lowest BCUT2D eigenvalue weighted by molar-refractivity contribution is 0.191. The minimum atomic E-state index is 0.628. The smallest absolute Gasteiger partial charge is 0.0529 e. The molecule has 1 atom stereocenters. The fourth-order valence-corrected chi connectivity index (χ4v) is 1.15. The molecule has 1 aliphatic rings. The Labute approximate surface area is 62.1 Å². The van der Waals surface area contributed by atoms with Gasteiger partial charge in [-0.1, -0.05) is 11.6 Å². The van der Waals surface area contributed by atoms with E-state index in [2.05, 4.69) is 13.0 Å². The first kappa shape index (κ1) is 7.76. The summed E-state index contributed by atoms with van der Waals surface area (Å²) < 4.78 is 5.22. The number of hydrogen-bond acceptors (Lipinski definition) is 2. The molecule has 1 rings (SSSR count). The molecule has 1 unspecified atom stereocenters. The van der Waals surface area contributed by atoms with E-state index in [-0.39, 0.29) is 0 Å². The Balaban J connectivity index is 2.34. The van der Waals surface area contributed by atoms with Crippen LogP contribution in [0.4, 0.5) is 0 Å². The fourth-order valence-electron chi connectivity index (χ4n) is 1.15. The standard InChI is InChI=1S/C8H15NO/c1-7(5-9)4-8-2-3-10-6-8/h4,8H,2-3,5-6,9H2,1H3. The zero-order chi connectivity index (χ0) is 7.40. The molecule has 10 heavy (non-hydrogen) atoms. The van der Waals surface area contributed by atoms with Gasteiger partial charge in [-0.05, 0) is 13.3 Å². The molecule has 2 nitrogen and oxygen atoms in total. The third-order valence-corrected chi connectivity index (χ3v) is 1.81. The Morgan fingerprint density at radius 2 is 2.60 bits per heavy atom. The molecule has 1 aliphatic heterocycles. The van der Waals surface area contributed by atoms with Gasteiger partial charge in [0.15, 0.2) is 0 Å². The lowest BCUT2D eigenvalue weighted by Gasteiger charge is -2.01. The van der Waals surface area contributed by atoms with E-state index in [4.69, 9.17) is 10.5 Å². The van der Waals surface area contributed by atoms with E-state index in [1.807, 2.05) is 0 Å². The van der Waals surface area contributed by atoms with Crippen molar-refractivity contribution in [3.8, 4) is 0 Å². The van der Waals surface area contributed by atoms with Crippen LogP contribution in [0, 0.1) is 5.92 Å². The van der Waals surface area contributed by atoms with E-state index in [1.54, 1.807) is 0 Å². The van der Waals surface area contributed by atoms with Crippen molar-refractivity contribution < 1.29 is 4.74 Å². The predicted octanol–water partition coefficient (Wildman–Crippen LogP) is 0.928. The van der Waals surface area contributed by atoms with Gasteiger partial charge in [0.25, 0.3) is 0 Å². The molecule has 1 heterocycles. The number of hydrogen-bond donors (Lipinski definition) is 1. The van der Waals surface area contributed by atoms with Crippen LogP contribution in [-0.2, 0) is 4.74 Å².